The van der Waals surface area contributed by atoms with E-state index in [-0.39, 0.29) is 23.6 Å². The highest BCUT2D eigenvalue weighted by atomic mass is 16.5. The van der Waals surface area contributed by atoms with Crippen molar-refractivity contribution in [3.8, 4) is 11.5 Å². The molecule has 2 aromatic carbocycles. The number of ether oxygens (including phenoxy) is 1. The van der Waals surface area contributed by atoms with Gasteiger partial charge in [0.2, 0.25) is 11.8 Å². The third kappa shape index (κ3) is 7.97. The number of nitrogens with zero attached hydrogens (tertiary/aromatic N) is 3. The number of piperidine rings is 1. The first kappa shape index (κ1) is 33.4. The van der Waals surface area contributed by atoms with Crippen LogP contribution in [0.1, 0.15) is 62.4 Å². The van der Waals surface area contributed by atoms with E-state index in [1.165, 1.54) is 0 Å². The molecule has 10 heteroatoms. The Balaban J connectivity index is 1.32. The SMILES string of the molecule is CCCCN1C(=O)C(C(O)C(C)C)NC(=O)C12CCN(Cc1ccc(Oc3ccc(C(=O)NCCN(C)C)cc3)cc1)CC2. The number of nitrogens with one attached hydrogen (secondary N) is 2. The van der Waals surface area contributed by atoms with Crippen LogP contribution in [0.4, 0.5) is 0 Å². The van der Waals surface area contributed by atoms with Gasteiger partial charge >= 0.3 is 0 Å². The number of hydrogen-bond acceptors (Lipinski definition) is 7. The maximum absolute atomic E-state index is 13.5. The summed E-state index contributed by atoms with van der Waals surface area (Å²) in [5.41, 5.74) is 0.854. The lowest BCUT2D eigenvalue weighted by Crippen LogP contribution is -2.74. The Hall–Kier alpha value is -3.47. The molecule has 44 heavy (non-hydrogen) atoms. The molecular formula is C34H49N5O5. The van der Waals surface area contributed by atoms with Crippen molar-refractivity contribution in [2.75, 3.05) is 46.8 Å². The van der Waals surface area contributed by atoms with E-state index in [0.717, 1.165) is 31.5 Å². The molecule has 2 unspecified atom stereocenters. The van der Waals surface area contributed by atoms with Crippen LogP contribution < -0.4 is 15.4 Å². The molecule has 0 radical (unpaired) electrons. The van der Waals surface area contributed by atoms with Gasteiger partial charge in [0.15, 0.2) is 0 Å². The predicted molar refractivity (Wildman–Crippen MR) is 170 cm³/mol. The number of likely N-dealkylation sites (tertiary alicyclic amines) is 1. The van der Waals surface area contributed by atoms with Gasteiger partial charge in [-0.3, -0.25) is 19.3 Å². The van der Waals surface area contributed by atoms with E-state index in [0.29, 0.717) is 56.1 Å². The largest absolute Gasteiger partial charge is 0.457 e. The maximum atomic E-state index is 13.5. The van der Waals surface area contributed by atoms with Gasteiger partial charge in [-0.05, 0) is 81.2 Å². The summed E-state index contributed by atoms with van der Waals surface area (Å²) in [5.74, 6) is 0.807. The lowest BCUT2D eigenvalue weighted by molar-refractivity contribution is -0.165. The van der Waals surface area contributed by atoms with Gasteiger partial charge in [0.1, 0.15) is 23.1 Å². The monoisotopic (exact) mass is 607 g/mol. The number of hydrogen-bond donors (Lipinski definition) is 3. The summed E-state index contributed by atoms with van der Waals surface area (Å²) < 4.78 is 6.00. The Morgan fingerprint density at radius 3 is 2.25 bits per heavy atom. The zero-order valence-corrected chi connectivity index (χ0v) is 26.8. The van der Waals surface area contributed by atoms with Crippen LogP contribution in [-0.2, 0) is 16.1 Å². The molecule has 0 saturated carbocycles. The summed E-state index contributed by atoms with van der Waals surface area (Å²) in [6.45, 7) is 9.79. The van der Waals surface area contributed by atoms with Gasteiger partial charge in [-0.1, -0.05) is 39.3 Å². The zero-order chi connectivity index (χ0) is 31.9. The molecule has 10 nitrogen and oxygen atoms in total. The summed E-state index contributed by atoms with van der Waals surface area (Å²) in [7, 11) is 3.93. The fourth-order valence-corrected chi connectivity index (χ4v) is 5.90. The average molecular weight is 608 g/mol. The first-order valence-electron chi connectivity index (χ1n) is 15.9. The Labute approximate surface area is 261 Å². The molecule has 0 bridgehead atoms. The molecule has 2 aliphatic heterocycles. The molecule has 0 aromatic heterocycles. The van der Waals surface area contributed by atoms with Crippen molar-refractivity contribution >= 4 is 17.7 Å². The highest BCUT2D eigenvalue weighted by molar-refractivity contribution is 6.00. The van der Waals surface area contributed by atoms with Crippen LogP contribution in [0.3, 0.4) is 0 Å². The number of piperazine rings is 1. The predicted octanol–water partition coefficient (Wildman–Crippen LogP) is 3.25. The van der Waals surface area contributed by atoms with Crippen molar-refractivity contribution in [2.24, 2.45) is 5.92 Å². The molecule has 2 fully saturated rings. The zero-order valence-electron chi connectivity index (χ0n) is 26.8. The molecule has 2 aliphatic rings. The third-order valence-electron chi connectivity index (χ3n) is 8.73. The summed E-state index contributed by atoms with van der Waals surface area (Å²) in [6, 6.07) is 14.1. The lowest BCUT2D eigenvalue weighted by atomic mass is 9.80. The van der Waals surface area contributed by atoms with Crippen molar-refractivity contribution in [3.05, 3.63) is 59.7 Å². The molecule has 1 spiro atoms. The quantitative estimate of drug-likeness (QED) is 0.320. The summed E-state index contributed by atoms with van der Waals surface area (Å²) in [4.78, 5) is 45.5. The third-order valence-corrected chi connectivity index (χ3v) is 8.73. The number of aliphatic hydroxyl groups is 1. The van der Waals surface area contributed by atoms with E-state index < -0.39 is 17.7 Å². The second-order valence-corrected chi connectivity index (χ2v) is 12.7. The van der Waals surface area contributed by atoms with Gasteiger partial charge in [-0.25, -0.2) is 0 Å². The smallest absolute Gasteiger partial charge is 0.251 e. The minimum absolute atomic E-state index is 0.107. The highest BCUT2D eigenvalue weighted by Crippen LogP contribution is 2.35. The van der Waals surface area contributed by atoms with Crippen LogP contribution in [0.15, 0.2) is 48.5 Å². The lowest BCUT2D eigenvalue weighted by Gasteiger charge is -2.52. The Morgan fingerprint density at radius 2 is 1.68 bits per heavy atom. The summed E-state index contributed by atoms with van der Waals surface area (Å²) in [5, 5.41) is 16.5. The van der Waals surface area contributed by atoms with Crippen LogP contribution in [0, 0.1) is 5.92 Å². The highest BCUT2D eigenvalue weighted by Gasteiger charge is 2.54. The normalized spacial score (nSPS) is 19.4. The molecule has 4 rings (SSSR count). The Bertz CT molecular complexity index is 1260. The van der Waals surface area contributed by atoms with E-state index in [1.807, 2.05) is 57.1 Å². The second-order valence-electron chi connectivity index (χ2n) is 12.7. The molecule has 3 N–H and O–H groups in total. The summed E-state index contributed by atoms with van der Waals surface area (Å²) >= 11 is 0. The molecule has 0 aliphatic carbocycles. The van der Waals surface area contributed by atoms with Crippen molar-refractivity contribution in [1.29, 1.82) is 0 Å². The van der Waals surface area contributed by atoms with E-state index in [2.05, 4.69) is 22.5 Å². The fourth-order valence-electron chi connectivity index (χ4n) is 5.90. The van der Waals surface area contributed by atoms with Crippen molar-refractivity contribution in [1.82, 2.24) is 25.3 Å². The van der Waals surface area contributed by atoms with Gasteiger partial charge < -0.3 is 30.3 Å². The molecular weight excluding hydrogens is 558 g/mol. The number of likely N-dealkylation sites (N-methyl/N-ethyl adjacent to an activating group) is 1. The molecule has 2 aromatic rings. The Morgan fingerprint density at radius 1 is 1.07 bits per heavy atom. The number of carbonyl (C=O) groups is 3. The minimum Gasteiger partial charge on any atom is -0.457 e. The van der Waals surface area contributed by atoms with Crippen molar-refractivity contribution in [3.63, 3.8) is 0 Å². The maximum Gasteiger partial charge on any atom is 0.251 e. The summed E-state index contributed by atoms with van der Waals surface area (Å²) in [6.07, 6.45) is 1.95. The first-order valence-corrected chi connectivity index (χ1v) is 15.9. The van der Waals surface area contributed by atoms with Crippen molar-refractivity contribution in [2.45, 2.75) is 70.7 Å². The van der Waals surface area contributed by atoms with Crippen LogP contribution in [-0.4, -0.2) is 102 Å². The van der Waals surface area contributed by atoms with Gasteiger partial charge in [-0.15, -0.1) is 0 Å². The number of carbonyl (C=O) groups excluding carboxylic acids is 3. The van der Waals surface area contributed by atoms with Gasteiger partial charge in [0, 0.05) is 44.8 Å². The Kier molecular flexibility index (Phi) is 11.4. The number of rotatable bonds is 13. The molecule has 240 valence electrons. The average Bonchev–Trinajstić information content (AvgIpc) is 3.00. The van der Waals surface area contributed by atoms with Gasteiger partial charge in [-0.2, -0.15) is 0 Å². The molecule has 2 heterocycles. The van der Waals surface area contributed by atoms with Gasteiger partial charge in [0.05, 0.1) is 6.10 Å². The van der Waals surface area contributed by atoms with Crippen LogP contribution >= 0.6 is 0 Å². The van der Waals surface area contributed by atoms with Crippen LogP contribution in [0.5, 0.6) is 11.5 Å². The van der Waals surface area contributed by atoms with Crippen LogP contribution in [0.25, 0.3) is 0 Å². The van der Waals surface area contributed by atoms with E-state index >= 15 is 0 Å². The molecule has 2 atom stereocenters. The van der Waals surface area contributed by atoms with E-state index in [4.69, 9.17) is 4.74 Å². The standard InChI is InChI=1S/C34H49N5O5/c1-6-7-19-39-32(42)29(30(40)24(2)3)36-33(43)34(39)16-20-38(21-17-34)23-25-8-12-27(13-9-25)44-28-14-10-26(11-15-28)31(41)35-18-22-37(4)5/h8-15,24,29-30,40H,6-7,16-23H2,1-5H3,(H,35,41)(H,36,43). The fraction of sp³-hybridized carbons (Fsp3) is 0.559. The first-order chi connectivity index (χ1) is 21.0. The van der Waals surface area contributed by atoms with Gasteiger partial charge in [0.25, 0.3) is 5.91 Å². The topological polar surface area (TPSA) is 114 Å². The number of benzene rings is 2. The minimum atomic E-state index is -0.913. The van der Waals surface area contributed by atoms with Crippen molar-refractivity contribution < 1.29 is 24.2 Å². The van der Waals surface area contributed by atoms with E-state index in [9.17, 15) is 19.5 Å². The van der Waals surface area contributed by atoms with Crippen LogP contribution in [0.2, 0.25) is 0 Å². The number of unbranched alkanes of at least 4 members (excludes halogenated alkanes) is 1. The molecule has 2 saturated heterocycles. The number of amides is 3. The van der Waals surface area contributed by atoms with E-state index in [1.54, 1.807) is 29.2 Å². The number of aliphatic hydroxyl groups excluding tert-OH is 1. The molecule has 3 amide bonds. The second kappa shape index (κ2) is 15.0.